The summed E-state index contributed by atoms with van der Waals surface area (Å²) in [5, 5.41) is 12.6. The molecule has 3 heterocycles. The number of carbonyl (C=O) groups is 1. The Morgan fingerprint density at radius 1 is 1.33 bits per heavy atom. The number of nitrogens with one attached hydrogen (secondary N) is 2. The predicted octanol–water partition coefficient (Wildman–Crippen LogP) is 2.68. The summed E-state index contributed by atoms with van der Waals surface area (Å²) in [4.78, 5) is 19.9. The third kappa shape index (κ3) is 4.93. The van der Waals surface area contributed by atoms with Crippen LogP contribution in [0.1, 0.15) is 16.0 Å². The molecule has 1 aliphatic heterocycles. The van der Waals surface area contributed by atoms with Crippen LogP contribution in [0.15, 0.2) is 33.3 Å². The van der Waals surface area contributed by atoms with Crippen LogP contribution in [0, 0.1) is 0 Å². The second-order valence-electron chi connectivity index (χ2n) is 5.35. The molecule has 130 valence electrons. The molecule has 0 unspecified atom stereocenters. The number of hydrogen-bond acceptors (Lipinski definition) is 4. The third-order valence-electron chi connectivity index (χ3n) is 3.83. The number of fused-ring (bicyclic) bond motifs is 1. The first-order valence-electron chi connectivity index (χ1n) is 7.55. The van der Waals surface area contributed by atoms with Crippen molar-refractivity contribution in [2.24, 2.45) is 4.99 Å². The number of carbonyl (C=O) groups excluding carboxylic acids is 1. The van der Waals surface area contributed by atoms with Crippen molar-refractivity contribution in [1.82, 2.24) is 15.5 Å². The number of guanidine groups is 1. The van der Waals surface area contributed by atoms with Crippen LogP contribution in [-0.4, -0.2) is 36.9 Å². The molecule has 5 nitrogen and oxygen atoms in total. The monoisotopic (exact) mass is 476 g/mol. The molecule has 0 saturated carbocycles. The Kier molecular flexibility index (Phi) is 7.50. The highest BCUT2D eigenvalue weighted by Crippen LogP contribution is 2.23. The molecule has 2 aromatic heterocycles. The minimum absolute atomic E-state index is 0. The van der Waals surface area contributed by atoms with Gasteiger partial charge < -0.3 is 15.5 Å². The molecule has 0 atom stereocenters. The van der Waals surface area contributed by atoms with Gasteiger partial charge in [0, 0.05) is 31.6 Å². The smallest absolute Gasteiger partial charge is 0.242 e. The van der Waals surface area contributed by atoms with Gasteiger partial charge in [0.1, 0.15) is 0 Å². The molecule has 0 spiro atoms. The second-order valence-corrected chi connectivity index (χ2v) is 7.13. The molecule has 0 radical (unpaired) electrons. The number of rotatable bonds is 4. The Labute approximate surface area is 167 Å². The average molecular weight is 476 g/mol. The van der Waals surface area contributed by atoms with Crippen molar-refractivity contribution in [3.05, 3.63) is 44.3 Å². The molecule has 0 fully saturated rings. The zero-order valence-electron chi connectivity index (χ0n) is 13.4. The van der Waals surface area contributed by atoms with E-state index in [9.17, 15) is 4.79 Å². The van der Waals surface area contributed by atoms with Crippen molar-refractivity contribution in [3.8, 4) is 0 Å². The van der Waals surface area contributed by atoms with Gasteiger partial charge in [0.25, 0.3) is 0 Å². The van der Waals surface area contributed by atoms with Gasteiger partial charge in [-0.2, -0.15) is 11.3 Å². The van der Waals surface area contributed by atoms with E-state index in [1.807, 2.05) is 10.3 Å². The molecular weight excluding hydrogens is 455 g/mol. The van der Waals surface area contributed by atoms with E-state index in [-0.39, 0.29) is 36.4 Å². The number of thiophene rings is 2. The molecule has 0 saturated heterocycles. The second kappa shape index (κ2) is 9.38. The van der Waals surface area contributed by atoms with Crippen LogP contribution in [0.2, 0.25) is 0 Å². The Bertz CT molecular complexity index is 684. The SMILES string of the molecule is CN=C(NCC(=O)N1CCc2sccc2C1)NCc1ccsc1.I. The van der Waals surface area contributed by atoms with E-state index in [0.29, 0.717) is 12.5 Å². The van der Waals surface area contributed by atoms with E-state index in [1.54, 1.807) is 29.7 Å². The Balaban J connectivity index is 0.00000208. The lowest BCUT2D eigenvalue weighted by atomic mass is 10.1. The molecule has 2 N–H and O–H groups in total. The van der Waals surface area contributed by atoms with Gasteiger partial charge in [-0.05, 0) is 45.8 Å². The number of halogens is 1. The molecule has 3 rings (SSSR count). The summed E-state index contributed by atoms with van der Waals surface area (Å²) in [7, 11) is 1.71. The normalized spacial score (nSPS) is 13.9. The van der Waals surface area contributed by atoms with Crippen LogP contribution in [0.3, 0.4) is 0 Å². The number of amides is 1. The molecule has 0 aliphatic carbocycles. The van der Waals surface area contributed by atoms with Crippen molar-refractivity contribution < 1.29 is 4.79 Å². The van der Waals surface area contributed by atoms with Crippen LogP contribution < -0.4 is 10.6 Å². The van der Waals surface area contributed by atoms with Gasteiger partial charge in [-0.1, -0.05) is 0 Å². The molecule has 8 heteroatoms. The van der Waals surface area contributed by atoms with Gasteiger partial charge in [0.2, 0.25) is 5.91 Å². The van der Waals surface area contributed by atoms with E-state index in [4.69, 9.17) is 0 Å². The van der Waals surface area contributed by atoms with Crippen LogP contribution in [0.25, 0.3) is 0 Å². The molecular formula is C16H21IN4OS2. The lowest BCUT2D eigenvalue weighted by Crippen LogP contribution is -2.45. The van der Waals surface area contributed by atoms with Gasteiger partial charge in [-0.15, -0.1) is 35.3 Å². The highest BCUT2D eigenvalue weighted by atomic mass is 127. The Hall–Kier alpha value is -1.13. The lowest BCUT2D eigenvalue weighted by molar-refractivity contribution is -0.130. The highest BCUT2D eigenvalue weighted by Gasteiger charge is 2.21. The molecule has 2 aromatic rings. The number of nitrogens with zero attached hydrogens (tertiary/aromatic N) is 2. The van der Waals surface area contributed by atoms with Crippen LogP contribution in [0.5, 0.6) is 0 Å². The summed E-state index contributed by atoms with van der Waals surface area (Å²) in [6.45, 7) is 2.50. The van der Waals surface area contributed by atoms with E-state index in [0.717, 1.165) is 19.5 Å². The fourth-order valence-electron chi connectivity index (χ4n) is 2.53. The van der Waals surface area contributed by atoms with E-state index < -0.39 is 0 Å². The molecule has 1 amide bonds. The predicted molar refractivity (Wildman–Crippen MR) is 111 cm³/mol. The first kappa shape index (κ1) is 19.2. The maximum absolute atomic E-state index is 12.4. The quantitative estimate of drug-likeness (QED) is 0.406. The zero-order chi connectivity index (χ0) is 16.1. The first-order chi connectivity index (χ1) is 11.3. The topological polar surface area (TPSA) is 56.7 Å². The van der Waals surface area contributed by atoms with E-state index in [2.05, 4.69) is 38.5 Å². The zero-order valence-corrected chi connectivity index (χ0v) is 17.4. The standard InChI is InChI=1S/C16H20N4OS2.HI/c1-17-16(18-8-12-3-6-22-11-12)19-9-15(21)20-5-2-14-13(10-20)4-7-23-14;/h3-4,6-7,11H,2,5,8-10H2,1H3,(H2,17,18,19);1H. The maximum Gasteiger partial charge on any atom is 0.242 e. The Morgan fingerprint density at radius 3 is 2.96 bits per heavy atom. The van der Waals surface area contributed by atoms with Gasteiger partial charge in [0.15, 0.2) is 5.96 Å². The minimum atomic E-state index is 0. The summed E-state index contributed by atoms with van der Waals surface area (Å²) in [6.07, 6.45) is 0.962. The summed E-state index contributed by atoms with van der Waals surface area (Å²) in [5.74, 6) is 0.762. The fourth-order valence-corrected chi connectivity index (χ4v) is 4.09. The van der Waals surface area contributed by atoms with Crippen molar-refractivity contribution in [3.63, 3.8) is 0 Å². The molecule has 1 aliphatic rings. The molecule has 0 aromatic carbocycles. The lowest BCUT2D eigenvalue weighted by Gasteiger charge is -2.27. The average Bonchev–Trinajstić information content (AvgIpc) is 3.25. The molecule has 0 bridgehead atoms. The summed E-state index contributed by atoms with van der Waals surface area (Å²) >= 11 is 3.46. The van der Waals surface area contributed by atoms with E-state index >= 15 is 0 Å². The van der Waals surface area contributed by atoms with Crippen molar-refractivity contribution >= 4 is 58.5 Å². The third-order valence-corrected chi connectivity index (χ3v) is 5.59. The first-order valence-corrected chi connectivity index (χ1v) is 9.37. The highest BCUT2D eigenvalue weighted by molar-refractivity contribution is 14.0. The number of aliphatic imine (C=N–C) groups is 1. The van der Waals surface area contributed by atoms with Gasteiger partial charge in [-0.25, -0.2) is 0 Å². The maximum atomic E-state index is 12.4. The van der Waals surface area contributed by atoms with Crippen molar-refractivity contribution in [2.75, 3.05) is 20.1 Å². The largest absolute Gasteiger partial charge is 0.352 e. The summed E-state index contributed by atoms with van der Waals surface area (Å²) in [5.41, 5.74) is 2.50. The van der Waals surface area contributed by atoms with Crippen LogP contribution in [-0.2, 0) is 24.3 Å². The van der Waals surface area contributed by atoms with E-state index in [1.165, 1.54) is 16.0 Å². The van der Waals surface area contributed by atoms with Crippen LogP contribution in [0.4, 0.5) is 0 Å². The number of hydrogen-bond donors (Lipinski definition) is 2. The summed E-state index contributed by atoms with van der Waals surface area (Å²) in [6, 6.07) is 4.19. The minimum Gasteiger partial charge on any atom is -0.352 e. The Morgan fingerprint density at radius 2 is 2.21 bits per heavy atom. The van der Waals surface area contributed by atoms with Gasteiger partial charge in [-0.3, -0.25) is 9.79 Å². The van der Waals surface area contributed by atoms with Gasteiger partial charge >= 0.3 is 0 Å². The van der Waals surface area contributed by atoms with Gasteiger partial charge in [0.05, 0.1) is 6.54 Å². The fraction of sp³-hybridized carbons (Fsp3) is 0.375. The van der Waals surface area contributed by atoms with Crippen molar-refractivity contribution in [1.29, 1.82) is 0 Å². The van der Waals surface area contributed by atoms with Crippen molar-refractivity contribution in [2.45, 2.75) is 19.5 Å². The van der Waals surface area contributed by atoms with Crippen LogP contribution >= 0.6 is 46.7 Å². The molecule has 24 heavy (non-hydrogen) atoms. The summed E-state index contributed by atoms with van der Waals surface area (Å²) < 4.78 is 0.